The first-order valence-corrected chi connectivity index (χ1v) is 7.26. The van der Waals surface area contributed by atoms with Crippen LogP contribution in [0.1, 0.15) is 26.3 Å². The Kier molecular flexibility index (Phi) is 3.38. The van der Waals surface area contributed by atoms with Gasteiger partial charge in [-0.15, -0.1) is 0 Å². The van der Waals surface area contributed by atoms with Gasteiger partial charge in [-0.25, -0.2) is 0 Å². The molecule has 3 rings (SSSR count). The molecule has 3 aromatic rings. The number of benzene rings is 2. The van der Waals surface area contributed by atoms with Gasteiger partial charge in [0.25, 0.3) is 0 Å². The molecule has 0 saturated carbocycles. The molecule has 0 fully saturated rings. The van der Waals surface area contributed by atoms with Crippen LogP contribution < -0.4 is 5.32 Å². The van der Waals surface area contributed by atoms with E-state index in [1.165, 1.54) is 10.9 Å². The van der Waals surface area contributed by atoms with Crippen LogP contribution in [0, 0.1) is 0 Å². The number of aromatic nitrogens is 1. The minimum absolute atomic E-state index is 0.0790. The van der Waals surface area contributed by atoms with Crippen LogP contribution in [0.5, 0.6) is 0 Å². The molecule has 0 saturated heterocycles. The number of nitrogens with one attached hydrogen (secondary N) is 1. The van der Waals surface area contributed by atoms with Crippen molar-refractivity contribution in [1.82, 2.24) is 4.98 Å². The molecule has 1 aromatic heterocycles. The molecule has 0 spiro atoms. The standard InChI is InChI=1S/C19H20N2/c1-19(2,3)15-10-7-11-16-18(15)17(12-13-20-16)21-14-8-5-4-6-9-14/h4-13H,1-3H3,(H,20,21). The first-order valence-electron chi connectivity index (χ1n) is 7.26. The van der Waals surface area contributed by atoms with Gasteiger partial charge in [-0.1, -0.05) is 51.1 Å². The summed E-state index contributed by atoms with van der Waals surface area (Å²) in [6.45, 7) is 6.71. The Labute approximate surface area is 125 Å². The summed E-state index contributed by atoms with van der Waals surface area (Å²) in [6.07, 6.45) is 1.86. The number of pyridine rings is 1. The van der Waals surface area contributed by atoms with Gasteiger partial charge < -0.3 is 5.32 Å². The number of nitrogens with zero attached hydrogens (tertiary/aromatic N) is 1. The average Bonchev–Trinajstić information content (AvgIpc) is 2.47. The largest absolute Gasteiger partial charge is 0.355 e. The Hall–Kier alpha value is -2.35. The molecule has 0 atom stereocenters. The van der Waals surface area contributed by atoms with Gasteiger partial charge in [-0.3, -0.25) is 4.98 Å². The van der Waals surface area contributed by atoms with Gasteiger partial charge in [0.2, 0.25) is 0 Å². The van der Waals surface area contributed by atoms with Crippen molar-refractivity contribution in [2.75, 3.05) is 5.32 Å². The highest BCUT2D eigenvalue weighted by molar-refractivity contribution is 5.96. The van der Waals surface area contributed by atoms with Crippen LogP contribution >= 0.6 is 0 Å². The van der Waals surface area contributed by atoms with E-state index in [0.29, 0.717) is 0 Å². The van der Waals surface area contributed by atoms with Crippen molar-refractivity contribution in [1.29, 1.82) is 0 Å². The van der Waals surface area contributed by atoms with E-state index in [9.17, 15) is 0 Å². The number of hydrogen-bond donors (Lipinski definition) is 1. The van der Waals surface area contributed by atoms with Crippen molar-refractivity contribution < 1.29 is 0 Å². The predicted molar refractivity (Wildman–Crippen MR) is 90.2 cm³/mol. The van der Waals surface area contributed by atoms with Crippen LogP contribution in [0.4, 0.5) is 11.4 Å². The van der Waals surface area contributed by atoms with Gasteiger partial charge in [0.15, 0.2) is 0 Å². The number of para-hydroxylation sites is 1. The van der Waals surface area contributed by atoms with E-state index in [1.807, 2.05) is 30.5 Å². The van der Waals surface area contributed by atoms with Crippen LogP contribution in [0.15, 0.2) is 60.8 Å². The maximum Gasteiger partial charge on any atom is 0.0725 e. The van der Waals surface area contributed by atoms with Gasteiger partial charge in [-0.2, -0.15) is 0 Å². The fourth-order valence-corrected chi connectivity index (χ4v) is 2.61. The Balaban J connectivity index is 2.19. The lowest BCUT2D eigenvalue weighted by Crippen LogP contribution is -2.12. The van der Waals surface area contributed by atoms with Gasteiger partial charge >= 0.3 is 0 Å². The van der Waals surface area contributed by atoms with Gasteiger partial charge in [0.05, 0.1) is 5.52 Å². The van der Waals surface area contributed by atoms with Gasteiger partial charge in [-0.05, 0) is 35.2 Å². The third kappa shape index (κ3) is 2.75. The zero-order chi connectivity index (χ0) is 14.9. The summed E-state index contributed by atoms with van der Waals surface area (Å²) in [6, 6.07) is 18.6. The summed E-state index contributed by atoms with van der Waals surface area (Å²) in [7, 11) is 0. The molecular formula is C19H20N2. The number of rotatable bonds is 2. The van der Waals surface area contributed by atoms with E-state index in [2.05, 4.69) is 61.4 Å². The summed E-state index contributed by atoms with van der Waals surface area (Å²) in [5.74, 6) is 0. The van der Waals surface area contributed by atoms with E-state index in [-0.39, 0.29) is 5.41 Å². The minimum atomic E-state index is 0.0790. The fraction of sp³-hybridized carbons (Fsp3) is 0.211. The quantitative estimate of drug-likeness (QED) is 0.689. The van der Waals surface area contributed by atoms with Gasteiger partial charge in [0, 0.05) is 23.0 Å². The second-order valence-electron chi connectivity index (χ2n) is 6.30. The normalized spacial score (nSPS) is 11.6. The molecule has 1 heterocycles. The van der Waals surface area contributed by atoms with Crippen LogP contribution in [0.3, 0.4) is 0 Å². The molecule has 0 aliphatic rings. The molecule has 0 radical (unpaired) electrons. The summed E-state index contributed by atoms with van der Waals surface area (Å²) < 4.78 is 0. The molecule has 106 valence electrons. The van der Waals surface area contributed by atoms with E-state index in [4.69, 9.17) is 0 Å². The lowest BCUT2D eigenvalue weighted by atomic mass is 9.84. The topological polar surface area (TPSA) is 24.9 Å². The van der Waals surface area contributed by atoms with Crippen LogP contribution in [0.2, 0.25) is 0 Å². The Morgan fingerprint density at radius 3 is 2.33 bits per heavy atom. The van der Waals surface area contributed by atoms with Crippen LogP contribution in [-0.4, -0.2) is 4.98 Å². The van der Waals surface area contributed by atoms with Crippen molar-refractivity contribution in [3.05, 3.63) is 66.4 Å². The van der Waals surface area contributed by atoms with Gasteiger partial charge in [0.1, 0.15) is 0 Å². The Morgan fingerprint density at radius 1 is 0.857 bits per heavy atom. The lowest BCUT2D eigenvalue weighted by molar-refractivity contribution is 0.596. The summed E-state index contributed by atoms with van der Waals surface area (Å²) in [5.41, 5.74) is 4.62. The molecular weight excluding hydrogens is 256 g/mol. The predicted octanol–water partition coefficient (Wildman–Crippen LogP) is 5.28. The fourth-order valence-electron chi connectivity index (χ4n) is 2.61. The number of hydrogen-bond acceptors (Lipinski definition) is 2. The molecule has 2 heteroatoms. The zero-order valence-corrected chi connectivity index (χ0v) is 12.7. The monoisotopic (exact) mass is 276 g/mol. The van der Waals surface area contributed by atoms with Crippen LogP contribution in [0.25, 0.3) is 10.9 Å². The summed E-state index contributed by atoms with van der Waals surface area (Å²) in [5, 5.41) is 4.72. The average molecular weight is 276 g/mol. The molecule has 0 unspecified atom stereocenters. The number of anilines is 2. The third-order valence-electron chi connectivity index (χ3n) is 3.63. The van der Waals surface area contributed by atoms with E-state index < -0.39 is 0 Å². The Bertz CT molecular complexity index is 750. The van der Waals surface area contributed by atoms with Crippen molar-refractivity contribution in [3.8, 4) is 0 Å². The van der Waals surface area contributed by atoms with Crippen molar-refractivity contribution in [2.24, 2.45) is 0 Å². The highest BCUT2D eigenvalue weighted by Crippen LogP contribution is 2.34. The zero-order valence-electron chi connectivity index (χ0n) is 12.7. The molecule has 21 heavy (non-hydrogen) atoms. The SMILES string of the molecule is CC(C)(C)c1cccc2nccc(Nc3ccccc3)c12. The lowest BCUT2D eigenvalue weighted by Gasteiger charge is -2.23. The van der Waals surface area contributed by atoms with Crippen molar-refractivity contribution in [3.63, 3.8) is 0 Å². The van der Waals surface area contributed by atoms with Crippen molar-refractivity contribution >= 4 is 22.3 Å². The maximum absolute atomic E-state index is 4.52. The molecule has 2 nitrogen and oxygen atoms in total. The number of fused-ring (bicyclic) bond motifs is 1. The summed E-state index contributed by atoms with van der Waals surface area (Å²) in [4.78, 5) is 4.52. The Morgan fingerprint density at radius 2 is 1.62 bits per heavy atom. The molecule has 0 aliphatic heterocycles. The molecule has 1 N–H and O–H groups in total. The maximum atomic E-state index is 4.52. The smallest absolute Gasteiger partial charge is 0.0725 e. The first-order chi connectivity index (χ1) is 10.1. The molecule has 0 bridgehead atoms. The summed E-state index contributed by atoms with van der Waals surface area (Å²) >= 11 is 0. The second kappa shape index (κ2) is 5.21. The molecule has 0 aliphatic carbocycles. The third-order valence-corrected chi connectivity index (χ3v) is 3.63. The highest BCUT2D eigenvalue weighted by Gasteiger charge is 2.18. The van der Waals surface area contributed by atoms with E-state index in [0.717, 1.165) is 16.9 Å². The van der Waals surface area contributed by atoms with Crippen LogP contribution in [-0.2, 0) is 5.41 Å². The van der Waals surface area contributed by atoms with Crippen molar-refractivity contribution in [2.45, 2.75) is 26.2 Å². The second-order valence-corrected chi connectivity index (χ2v) is 6.30. The highest BCUT2D eigenvalue weighted by atomic mass is 14.9. The van der Waals surface area contributed by atoms with E-state index >= 15 is 0 Å². The first kappa shape index (κ1) is 13.6. The van der Waals surface area contributed by atoms with E-state index in [1.54, 1.807) is 0 Å². The molecule has 0 amide bonds. The molecule has 2 aromatic carbocycles. The minimum Gasteiger partial charge on any atom is -0.355 e.